The minimum atomic E-state index is -0.632. The van der Waals surface area contributed by atoms with E-state index in [4.69, 9.17) is 4.42 Å². The van der Waals surface area contributed by atoms with Gasteiger partial charge in [0.25, 0.3) is 0 Å². The Morgan fingerprint density at radius 2 is 1.22 bits per heavy atom. The molecule has 0 saturated carbocycles. The molecule has 8 aromatic rings. The maximum absolute atomic E-state index is 14.3. The second-order valence-corrected chi connectivity index (χ2v) is 12.5. The summed E-state index contributed by atoms with van der Waals surface area (Å²) in [6, 6.07) is 41.2. The molecule has 1 aromatic heterocycles. The van der Waals surface area contributed by atoms with Gasteiger partial charge in [0, 0.05) is 39.7 Å². The summed E-state index contributed by atoms with van der Waals surface area (Å²) in [6.45, 7) is 4.63. The molecule has 0 aliphatic heterocycles. The zero-order valence-corrected chi connectivity index (χ0v) is 24.7. The van der Waals surface area contributed by atoms with E-state index in [1.165, 1.54) is 44.8 Å². The Hall–Kier alpha value is -5.48. The highest BCUT2D eigenvalue weighted by molar-refractivity contribution is 6.16. The van der Waals surface area contributed by atoms with Crippen molar-refractivity contribution in [2.24, 2.45) is 0 Å². The lowest BCUT2D eigenvalue weighted by Gasteiger charge is -2.25. The van der Waals surface area contributed by atoms with E-state index in [2.05, 4.69) is 74.5 Å². The van der Waals surface area contributed by atoms with Gasteiger partial charge < -0.3 is 9.32 Å². The third kappa shape index (κ3) is 3.85. The van der Waals surface area contributed by atoms with Crippen LogP contribution in [0.25, 0.3) is 54.6 Å². The van der Waals surface area contributed by atoms with Crippen molar-refractivity contribution >= 4 is 60.5 Å². The first kappa shape index (κ1) is 26.0. The number of furan rings is 1. The molecule has 0 N–H and O–H groups in total. The summed E-state index contributed by atoms with van der Waals surface area (Å²) in [5, 5.41) is 7.26. The summed E-state index contributed by atoms with van der Waals surface area (Å²) in [4.78, 5) is 1.83. The fourth-order valence-corrected chi connectivity index (χ4v) is 7.35. The lowest BCUT2D eigenvalue weighted by atomic mass is 9.81. The molecule has 0 fully saturated rings. The van der Waals surface area contributed by atoms with Crippen LogP contribution in [-0.2, 0) is 5.41 Å². The highest BCUT2D eigenvalue weighted by atomic mass is 19.1. The molecule has 2 nitrogen and oxygen atoms in total. The molecule has 0 bridgehead atoms. The summed E-state index contributed by atoms with van der Waals surface area (Å²) < 4.78 is 35.2. The number of benzene rings is 7. The van der Waals surface area contributed by atoms with Gasteiger partial charge in [0.15, 0.2) is 0 Å². The van der Waals surface area contributed by atoms with Crippen molar-refractivity contribution in [2.75, 3.05) is 4.90 Å². The number of anilines is 3. The Morgan fingerprint density at radius 3 is 2.02 bits per heavy atom. The second-order valence-electron chi connectivity index (χ2n) is 12.5. The van der Waals surface area contributed by atoms with Crippen LogP contribution in [-0.4, -0.2) is 0 Å². The van der Waals surface area contributed by atoms with Crippen molar-refractivity contribution in [1.82, 2.24) is 0 Å². The van der Waals surface area contributed by atoms with E-state index >= 15 is 0 Å². The first-order chi connectivity index (χ1) is 21.8. The van der Waals surface area contributed by atoms with Gasteiger partial charge in [-0.3, -0.25) is 0 Å². The van der Waals surface area contributed by atoms with Gasteiger partial charge in [-0.15, -0.1) is 0 Å². The topological polar surface area (TPSA) is 16.4 Å². The average molecular weight is 588 g/mol. The molecule has 0 saturated heterocycles. The monoisotopic (exact) mass is 587 g/mol. The van der Waals surface area contributed by atoms with Gasteiger partial charge in [-0.2, -0.15) is 0 Å². The maximum atomic E-state index is 14.3. The van der Waals surface area contributed by atoms with Crippen LogP contribution in [0, 0.1) is 11.6 Å². The molecule has 9 rings (SSSR count). The van der Waals surface area contributed by atoms with Crippen LogP contribution in [0.5, 0.6) is 0 Å². The van der Waals surface area contributed by atoms with Crippen molar-refractivity contribution < 1.29 is 13.2 Å². The highest BCUT2D eigenvalue weighted by Crippen LogP contribution is 2.50. The van der Waals surface area contributed by atoms with Crippen molar-refractivity contribution in [3.05, 3.63) is 150 Å². The quantitative estimate of drug-likeness (QED) is 0.190. The zero-order chi connectivity index (χ0) is 30.4. The van der Waals surface area contributed by atoms with E-state index in [0.29, 0.717) is 11.3 Å². The van der Waals surface area contributed by atoms with E-state index in [1.807, 2.05) is 53.4 Å². The predicted molar refractivity (Wildman–Crippen MR) is 181 cm³/mol. The Labute approximate surface area is 258 Å². The van der Waals surface area contributed by atoms with Gasteiger partial charge in [-0.25, -0.2) is 8.78 Å². The van der Waals surface area contributed by atoms with E-state index < -0.39 is 11.6 Å². The summed E-state index contributed by atoms with van der Waals surface area (Å²) in [5.41, 5.74) is 8.30. The molecular weight excluding hydrogens is 560 g/mol. The van der Waals surface area contributed by atoms with Gasteiger partial charge in [-0.1, -0.05) is 68.4 Å². The fourth-order valence-electron chi connectivity index (χ4n) is 7.35. The maximum Gasteiger partial charge on any atom is 0.137 e. The van der Waals surface area contributed by atoms with Gasteiger partial charge >= 0.3 is 0 Å². The lowest BCUT2D eigenvalue weighted by Crippen LogP contribution is -2.15. The van der Waals surface area contributed by atoms with Crippen LogP contribution in [0.1, 0.15) is 25.0 Å². The molecule has 0 spiro atoms. The normalized spacial score (nSPS) is 13.5. The van der Waals surface area contributed by atoms with Gasteiger partial charge in [-0.05, 0) is 104 Å². The number of fused-ring (bicyclic) bond motifs is 3. The second kappa shape index (κ2) is 9.26. The van der Waals surface area contributed by atoms with Crippen molar-refractivity contribution in [1.29, 1.82) is 0 Å². The highest BCUT2D eigenvalue weighted by Gasteiger charge is 2.34. The Kier molecular flexibility index (Phi) is 5.34. The summed E-state index contributed by atoms with van der Waals surface area (Å²) >= 11 is 0. The SMILES string of the molecule is CC1(C)c2cccc3ccc4cc(-c5ccc6c(c5)oc5cc(N(c7ccccc7)c7cc(F)cc(F)c7)ccc56)cc1c4c23. The number of hydrogen-bond acceptors (Lipinski definition) is 2. The number of rotatable bonds is 4. The molecule has 45 heavy (non-hydrogen) atoms. The van der Waals surface area contributed by atoms with Crippen LogP contribution in [0.2, 0.25) is 0 Å². The number of hydrogen-bond donors (Lipinski definition) is 0. The molecular formula is C41H27F2NO. The zero-order valence-electron chi connectivity index (χ0n) is 24.7. The van der Waals surface area contributed by atoms with Crippen molar-refractivity contribution in [3.8, 4) is 11.1 Å². The van der Waals surface area contributed by atoms with Crippen molar-refractivity contribution in [3.63, 3.8) is 0 Å². The Balaban J connectivity index is 1.18. The Morgan fingerprint density at radius 1 is 0.511 bits per heavy atom. The third-order valence-electron chi connectivity index (χ3n) is 9.47. The molecule has 0 atom stereocenters. The van der Waals surface area contributed by atoms with E-state index in [9.17, 15) is 8.78 Å². The standard InChI is InChI=1S/C41H27F2NO/c1-41(2)35-10-6-7-24-11-12-26-17-27(18-36(41)40(26)39(24)35)25-13-15-33-34-16-14-31(23-38(34)45-37(33)19-25)44(30-8-4-3-5-9-30)32-21-28(42)20-29(43)22-32/h3-23H,1-2H3. The van der Waals surface area contributed by atoms with Crippen LogP contribution in [0.3, 0.4) is 0 Å². The van der Waals surface area contributed by atoms with Gasteiger partial charge in [0.05, 0.1) is 5.69 Å². The third-order valence-corrected chi connectivity index (χ3v) is 9.47. The minimum absolute atomic E-state index is 0.0907. The molecule has 0 amide bonds. The van der Waals surface area contributed by atoms with Crippen LogP contribution in [0.4, 0.5) is 25.8 Å². The molecule has 0 radical (unpaired) electrons. The molecule has 216 valence electrons. The van der Waals surface area contributed by atoms with E-state index in [-0.39, 0.29) is 5.41 Å². The predicted octanol–water partition coefficient (Wildman–Crippen LogP) is 11.9. The van der Waals surface area contributed by atoms with Crippen LogP contribution >= 0.6 is 0 Å². The fraction of sp³-hybridized carbons (Fsp3) is 0.0732. The van der Waals surface area contributed by atoms with E-state index in [1.54, 1.807) is 0 Å². The first-order valence-electron chi connectivity index (χ1n) is 15.1. The lowest BCUT2D eigenvalue weighted by molar-refractivity contribution is 0.584. The molecule has 1 aliphatic carbocycles. The smallest absolute Gasteiger partial charge is 0.137 e. The molecule has 1 aliphatic rings. The summed E-state index contributed by atoms with van der Waals surface area (Å²) in [5.74, 6) is -1.26. The van der Waals surface area contributed by atoms with Crippen LogP contribution < -0.4 is 4.90 Å². The number of nitrogens with zero attached hydrogens (tertiary/aromatic N) is 1. The van der Waals surface area contributed by atoms with Gasteiger partial charge in [0.1, 0.15) is 22.8 Å². The first-order valence-corrected chi connectivity index (χ1v) is 15.1. The molecule has 1 heterocycles. The summed E-state index contributed by atoms with van der Waals surface area (Å²) in [7, 11) is 0. The largest absolute Gasteiger partial charge is 0.456 e. The van der Waals surface area contributed by atoms with Crippen LogP contribution in [0.15, 0.2) is 132 Å². The summed E-state index contributed by atoms with van der Waals surface area (Å²) in [6.07, 6.45) is 0. The van der Waals surface area contributed by atoms with E-state index in [0.717, 1.165) is 44.9 Å². The van der Waals surface area contributed by atoms with Crippen molar-refractivity contribution in [2.45, 2.75) is 19.3 Å². The van der Waals surface area contributed by atoms with Gasteiger partial charge in [0.2, 0.25) is 0 Å². The minimum Gasteiger partial charge on any atom is -0.456 e. The molecule has 7 aromatic carbocycles. The Bertz CT molecular complexity index is 2470. The average Bonchev–Trinajstić information content (AvgIpc) is 3.52. The number of halogens is 2. The molecule has 4 heteroatoms. The molecule has 0 unspecified atom stereocenters. The number of para-hydroxylation sites is 1.